The van der Waals surface area contributed by atoms with Crippen LogP contribution in [0.25, 0.3) is 0 Å². The van der Waals surface area contributed by atoms with Crippen molar-refractivity contribution in [3.05, 3.63) is 0 Å². The highest BCUT2D eigenvalue weighted by Crippen LogP contribution is 1.98. The molecule has 0 aliphatic carbocycles. The second-order valence-electron chi connectivity index (χ2n) is 3.23. The van der Waals surface area contributed by atoms with E-state index in [1.807, 2.05) is 6.92 Å². The Balaban J connectivity index is 4.20. The van der Waals surface area contributed by atoms with E-state index >= 15 is 0 Å². The van der Waals surface area contributed by atoms with Gasteiger partial charge in [0, 0.05) is 0 Å². The van der Waals surface area contributed by atoms with E-state index in [2.05, 4.69) is 5.32 Å². The second kappa shape index (κ2) is 7.49. The molecule has 5 N–H and O–H groups in total. The third-order valence-electron chi connectivity index (χ3n) is 1.74. The molecular weight excluding hydrogens is 214 g/mol. The number of rotatable bonds is 7. The van der Waals surface area contributed by atoms with Crippen molar-refractivity contribution < 1.29 is 19.4 Å². The zero-order valence-electron chi connectivity index (χ0n) is 9.16. The van der Waals surface area contributed by atoms with E-state index in [4.69, 9.17) is 21.0 Å². The van der Waals surface area contributed by atoms with E-state index in [9.17, 15) is 9.59 Å². The maximum atomic E-state index is 11.4. The summed E-state index contributed by atoms with van der Waals surface area (Å²) < 4.78 is 4.83. The van der Waals surface area contributed by atoms with Gasteiger partial charge < -0.3 is 20.9 Å². The fourth-order valence-electron chi connectivity index (χ4n) is 0.973. The lowest BCUT2D eigenvalue weighted by Crippen LogP contribution is -2.46. The Bertz CT molecular complexity index is 251. The summed E-state index contributed by atoms with van der Waals surface area (Å²) in [6, 6.07) is -1.10. The highest BCUT2D eigenvalue weighted by molar-refractivity contribution is 5.87. The largest absolute Gasteiger partial charge is 0.481 e. The molecule has 0 rings (SSSR count). The second-order valence-corrected chi connectivity index (χ2v) is 3.23. The summed E-state index contributed by atoms with van der Waals surface area (Å²) in [7, 11) is 0. The van der Waals surface area contributed by atoms with Crippen LogP contribution in [0, 0.1) is 5.41 Å². The van der Waals surface area contributed by atoms with Crippen LogP contribution in [-0.2, 0) is 14.3 Å². The summed E-state index contributed by atoms with van der Waals surface area (Å²) in [6.45, 7) is 2.18. The maximum Gasteiger partial charge on any atom is 0.329 e. The molecular formula is C9H17N3O4. The molecule has 1 atom stereocenters. The van der Waals surface area contributed by atoms with Crippen LogP contribution in [0.5, 0.6) is 0 Å². The number of ether oxygens (including phenoxy) is 1. The van der Waals surface area contributed by atoms with Gasteiger partial charge in [-0.3, -0.25) is 10.2 Å². The third-order valence-corrected chi connectivity index (χ3v) is 1.74. The van der Waals surface area contributed by atoms with Gasteiger partial charge >= 0.3 is 11.9 Å². The molecule has 0 aromatic carbocycles. The van der Waals surface area contributed by atoms with E-state index in [1.54, 1.807) is 0 Å². The Hall–Kier alpha value is -1.79. The van der Waals surface area contributed by atoms with Crippen molar-refractivity contribution in [3.8, 4) is 0 Å². The molecule has 7 heteroatoms. The van der Waals surface area contributed by atoms with Crippen LogP contribution >= 0.6 is 0 Å². The number of guanidine groups is 1. The van der Waals surface area contributed by atoms with Gasteiger partial charge in [0.25, 0.3) is 0 Å². The van der Waals surface area contributed by atoms with Crippen LogP contribution in [-0.4, -0.2) is 35.7 Å². The Labute approximate surface area is 93.5 Å². The van der Waals surface area contributed by atoms with Crippen molar-refractivity contribution in [2.24, 2.45) is 5.73 Å². The van der Waals surface area contributed by atoms with Crippen molar-refractivity contribution >= 4 is 17.9 Å². The summed E-state index contributed by atoms with van der Waals surface area (Å²) >= 11 is 0. The van der Waals surface area contributed by atoms with Gasteiger partial charge in [0.1, 0.15) is 6.04 Å². The Morgan fingerprint density at radius 1 is 1.56 bits per heavy atom. The molecule has 0 radical (unpaired) electrons. The van der Waals surface area contributed by atoms with E-state index < -0.39 is 30.4 Å². The van der Waals surface area contributed by atoms with Gasteiger partial charge in [-0.25, -0.2) is 4.79 Å². The predicted octanol–water partition coefficient (Wildman–Crippen LogP) is -0.344. The molecule has 1 unspecified atom stereocenters. The molecule has 92 valence electrons. The minimum absolute atomic E-state index is 0.241. The molecule has 0 aromatic rings. The first kappa shape index (κ1) is 14.2. The number of carbonyl (C=O) groups is 2. The molecule has 0 spiro atoms. The quantitative estimate of drug-likeness (QED) is 0.205. The Morgan fingerprint density at radius 2 is 2.19 bits per heavy atom. The van der Waals surface area contributed by atoms with Gasteiger partial charge in [0.2, 0.25) is 0 Å². The first-order chi connectivity index (χ1) is 7.47. The number of carbonyl (C=O) groups excluding carboxylic acids is 1. The minimum Gasteiger partial charge on any atom is -0.481 e. The number of unbranched alkanes of at least 4 members (excludes halogenated alkanes) is 1. The number of carboxylic acids is 1. The van der Waals surface area contributed by atoms with Crippen LogP contribution in [0.4, 0.5) is 0 Å². The smallest absolute Gasteiger partial charge is 0.329 e. The van der Waals surface area contributed by atoms with Crippen LogP contribution in [0.1, 0.15) is 26.2 Å². The van der Waals surface area contributed by atoms with E-state index in [0.29, 0.717) is 6.42 Å². The number of hydrogen-bond acceptors (Lipinski definition) is 4. The SMILES string of the molecule is CCCCOC(=O)C(CC(=O)O)NC(=N)N. The Kier molecular flexibility index (Phi) is 6.66. The molecule has 0 saturated carbocycles. The summed E-state index contributed by atoms with van der Waals surface area (Å²) in [5.74, 6) is -2.32. The van der Waals surface area contributed by atoms with Crippen LogP contribution in [0.3, 0.4) is 0 Å². The van der Waals surface area contributed by atoms with Crippen molar-refractivity contribution in [1.29, 1.82) is 5.41 Å². The molecule has 0 aromatic heterocycles. The average molecular weight is 231 g/mol. The van der Waals surface area contributed by atoms with E-state index in [0.717, 1.165) is 6.42 Å². The monoisotopic (exact) mass is 231 g/mol. The average Bonchev–Trinajstić information content (AvgIpc) is 2.15. The summed E-state index contributed by atoms with van der Waals surface area (Å²) in [5.41, 5.74) is 5.03. The molecule has 0 saturated heterocycles. The molecule has 16 heavy (non-hydrogen) atoms. The maximum absolute atomic E-state index is 11.4. The Morgan fingerprint density at radius 3 is 2.62 bits per heavy atom. The van der Waals surface area contributed by atoms with Crippen molar-refractivity contribution in [3.63, 3.8) is 0 Å². The van der Waals surface area contributed by atoms with Crippen molar-refractivity contribution in [2.75, 3.05) is 6.61 Å². The van der Waals surface area contributed by atoms with Crippen LogP contribution in [0.15, 0.2) is 0 Å². The highest BCUT2D eigenvalue weighted by atomic mass is 16.5. The molecule has 0 heterocycles. The van der Waals surface area contributed by atoms with Gasteiger partial charge in [0.05, 0.1) is 13.0 Å². The molecule has 0 amide bonds. The number of carboxylic acid groups (broad SMARTS) is 1. The number of aliphatic carboxylic acids is 1. The van der Waals surface area contributed by atoms with Gasteiger partial charge in [-0.15, -0.1) is 0 Å². The molecule has 0 fully saturated rings. The van der Waals surface area contributed by atoms with E-state index in [1.165, 1.54) is 0 Å². The summed E-state index contributed by atoms with van der Waals surface area (Å²) in [5, 5.41) is 17.7. The third kappa shape index (κ3) is 6.63. The lowest BCUT2D eigenvalue weighted by atomic mass is 10.2. The summed E-state index contributed by atoms with van der Waals surface area (Å²) in [6.07, 6.45) is 1.12. The molecule has 0 aliphatic rings. The number of nitrogens with one attached hydrogen (secondary N) is 2. The van der Waals surface area contributed by atoms with Crippen LogP contribution in [0.2, 0.25) is 0 Å². The summed E-state index contributed by atoms with van der Waals surface area (Å²) in [4.78, 5) is 21.9. The topological polar surface area (TPSA) is 126 Å². The van der Waals surface area contributed by atoms with Crippen molar-refractivity contribution in [2.45, 2.75) is 32.2 Å². The van der Waals surface area contributed by atoms with Gasteiger partial charge in [-0.05, 0) is 6.42 Å². The van der Waals surface area contributed by atoms with Gasteiger partial charge in [0.15, 0.2) is 5.96 Å². The fraction of sp³-hybridized carbons (Fsp3) is 0.667. The standard InChI is InChI=1S/C9H17N3O4/c1-2-3-4-16-8(15)6(5-7(13)14)12-9(10)11/h6H,2-5H2,1H3,(H,13,14)(H4,10,11,12). The lowest BCUT2D eigenvalue weighted by Gasteiger charge is -2.15. The predicted molar refractivity (Wildman–Crippen MR) is 57.0 cm³/mol. The lowest BCUT2D eigenvalue weighted by molar-refractivity contribution is -0.150. The van der Waals surface area contributed by atoms with Gasteiger partial charge in [-0.2, -0.15) is 0 Å². The zero-order valence-corrected chi connectivity index (χ0v) is 9.16. The molecule has 7 nitrogen and oxygen atoms in total. The number of hydrogen-bond donors (Lipinski definition) is 4. The van der Waals surface area contributed by atoms with E-state index in [-0.39, 0.29) is 6.61 Å². The molecule has 0 aliphatic heterocycles. The highest BCUT2D eigenvalue weighted by Gasteiger charge is 2.23. The molecule has 0 bridgehead atoms. The first-order valence-corrected chi connectivity index (χ1v) is 4.96. The van der Waals surface area contributed by atoms with Gasteiger partial charge in [-0.1, -0.05) is 13.3 Å². The number of esters is 1. The minimum atomic E-state index is -1.16. The normalized spacial score (nSPS) is 11.6. The van der Waals surface area contributed by atoms with Crippen LogP contribution < -0.4 is 11.1 Å². The van der Waals surface area contributed by atoms with Crippen molar-refractivity contribution in [1.82, 2.24) is 5.32 Å². The fourth-order valence-corrected chi connectivity index (χ4v) is 0.973. The zero-order chi connectivity index (χ0) is 12.6. The first-order valence-electron chi connectivity index (χ1n) is 4.96. The number of nitrogens with two attached hydrogens (primary N) is 1.